The zero-order chi connectivity index (χ0) is 10.4. The second-order valence-electron chi connectivity index (χ2n) is 3.41. The van der Waals surface area contributed by atoms with Gasteiger partial charge in [0.2, 0.25) is 0 Å². The molecule has 0 aromatic heterocycles. The Morgan fingerprint density at radius 1 is 1.43 bits per heavy atom. The molecule has 2 rings (SSSR count). The van der Waals surface area contributed by atoms with Crippen LogP contribution < -0.4 is 0 Å². The summed E-state index contributed by atoms with van der Waals surface area (Å²) in [5.41, 5.74) is 1.38. The van der Waals surface area contributed by atoms with Crippen LogP contribution in [0.1, 0.15) is 25.7 Å². The van der Waals surface area contributed by atoms with E-state index in [9.17, 15) is 0 Å². The molecule has 1 fully saturated rings. The molecule has 1 aliphatic heterocycles. The molecule has 1 spiro atoms. The summed E-state index contributed by atoms with van der Waals surface area (Å²) in [5.74, 6) is -0.356. The summed E-state index contributed by atoms with van der Waals surface area (Å²) in [7, 11) is 0. The minimum absolute atomic E-state index is 0.356. The molecule has 0 saturated carbocycles. The van der Waals surface area contributed by atoms with E-state index in [-0.39, 0.29) is 5.79 Å². The second-order valence-corrected chi connectivity index (χ2v) is 3.41. The predicted octanol–water partition coefficient (Wildman–Crippen LogP) is 2.95. The Morgan fingerprint density at radius 2 is 2.07 bits per heavy atom. The van der Waals surface area contributed by atoms with Crippen LogP contribution in [0.4, 0.5) is 0 Å². The van der Waals surface area contributed by atoms with Crippen LogP contribution in [0.2, 0.25) is 0 Å². The Hall–Kier alpha value is 1.01. The van der Waals surface area contributed by atoms with E-state index < -0.39 is 0 Å². The molecule has 2 aliphatic rings. The Balaban J connectivity index is 0.000000461. The Kier molecular flexibility index (Phi) is 6.13. The molecule has 1 heterocycles. The summed E-state index contributed by atoms with van der Waals surface area (Å²) in [6, 6.07) is 0. The van der Waals surface area contributed by atoms with E-state index in [0.717, 1.165) is 32.5 Å². The topological polar surface area (TPSA) is 18.5 Å². The quantitative estimate of drug-likeness (QED) is 0.310. The van der Waals surface area contributed by atoms with E-state index in [4.69, 9.17) is 9.47 Å². The van der Waals surface area contributed by atoms with Crippen molar-refractivity contribution in [3.05, 3.63) is 18.6 Å². The maximum absolute atomic E-state index is 5.59. The molecule has 2 nitrogen and oxygen atoms in total. The molecule has 0 aromatic rings. The van der Waals surface area contributed by atoms with Crippen LogP contribution in [0, 0.1) is 6.92 Å². The van der Waals surface area contributed by atoms with Gasteiger partial charge >= 0.3 is 34.5 Å². The Bertz CT molecular complexity index is 200. The van der Waals surface area contributed by atoms with Crippen LogP contribution in [0.5, 0.6) is 0 Å². The van der Waals surface area contributed by atoms with Crippen LogP contribution >= 0.6 is 19.8 Å². The molecule has 0 aromatic carbocycles. The van der Waals surface area contributed by atoms with Crippen molar-refractivity contribution in [1.29, 1.82) is 0 Å². The van der Waals surface area contributed by atoms with Crippen molar-refractivity contribution in [3.8, 4) is 0 Å². The fourth-order valence-corrected chi connectivity index (χ4v) is 1.91. The van der Waals surface area contributed by atoms with Gasteiger partial charge in [0, 0.05) is 6.42 Å². The van der Waals surface area contributed by atoms with Gasteiger partial charge in [-0.2, -0.15) is 6.42 Å². The first-order chi connectivity index (χ1) is 6.85. The first-order valence-electron chi connectivity index (χ1n) is 4.89. The van der Waals surface area contributed by atoms with Crippen LogP contribution in [0.25, 0.3) is 0 Å². The third kappa shape index (κ3) is 3.26. The Labute approximate surface area is 107 Å². The monoisotopic (exact) mass is 358 g/mol. The van der Waals surface area contributed by atoms with Crippen molar-refractivity contribution in [1.82, 2.24) is 0 Å². The van der Waals surface area contributed by atoms with Gasteiger partial charge < -0.3 is 16.4 Å². The summed E-state index contributed by atoms with van der Waals surface area (Å²) in [5, 5.41) is 0. The molecule has 14 heavy (non-hydrogen) atoms. The summed E-state index contributed by atoms with van der Waals surface area (Å²) in [4.78, 5) is 0. The fourth-order valence-electron chi connectivity index (χ4n) is 1.91. The molecule has 0 bridgehead atoms. The van der Waals surface area contributed by atoms with Gasteiger partial charge in [-0.3, -0.25) is 0 Å². The molecule has 1 aliphatic carbocycles. The molecule has 0 unspecified atom stereocenters. The number of allylic oxidation sites excluding steroid dienone is 1. The van der Waals surface area contributed by atoms with E-state index in [2.05, 4.69) is 32.7 Å². The number of rotatable bonds is 1. The molecule has 0 atom stereocenters. The summed E-state index contributed by atoms with van der Waals surface area (Å²) < 4.78 is 11.2. The number of hydrogen-bond donors (Lipinski definition) is 0. The number of hydrogen-bond acceptors (Lipinski definition) is 2. The third-order valence-electron chi connectivity index (χ3n) is 2.54. The van der Waals surface area contributed by atoms with Gasteiger partial charge in [0.05, 0.1) is 13.2 Å². The van der Waals surface area contributed by atoms with Gasteiger partial charge in [-0.15, -0.1) is 0 Å². The summed E-state index contributed by atoms with van der Waals surface area (Å²) in [6.45, 7) is 5.36. The van der Waals surface area contributed by atoms with Gasteiger partial charge in [0.25, 0.3) is 0 Å². The predicted molar refractivity (Wildman–Crippen MR) is 60.6 cm³/mol. The standard InChI is InChI=1S/C10H15O2.HI.Zn/c1-2-9-4-3-5-10(8-9)11-6-7-12-10;;/h8H,1-7H2;1H;/q-1;;+2/p-1. The van der Waals surface area contributed by atoms with Crippen molar-refractivity contribution in [3.63, 3.8) is 0 Å². The van der Waals surface area contributed by atoms with E-state index in [1.54, 1.807) is 0 Å². The number of halogens is 1. The third-order valence-corrected chi connectivity index (χ3v) is 2.54. The summed E-state index contributed by atoms with van der Waals surface area (Å²) in [6.07, 6.45) is 6.36. The maximum atomic E-state index is 5.59. The average molecular weight is 360 g/mol. The van der Waals surface area contributed by atoms with Crippen molar-refractivity contribution in [2.75, 3.05) is 13.2 Å². The molecule has 76 valence electrons. The second kappa shape index (κ2) is 6.56. The van der Waals surface area contributed by atoms with Gasteiger partial charge in [-0.1, -0.05) is 5.57 Å². The first-order valence-corrected chi connectivity index (χ1v) is 13.9. The van der Waals surface area contributed by atoms with Gasteiger partial charge in [0.15, 0.2) is 5.79 Å². The van der Waals surface area contributed by atoms with Gasteiger partial charge in [-0.05, 0) is 18.9 Å². The van der Waals surface area contributed by atoms with Crippen LogP contribution in [0.3, 0.4) is 0 Å². The molecular formula is C10H15IO2Zn. The SMILES string of the molecule is [CH2-]CC1=CC2(CCC1)OCCO2.[Zn+][I]. The van der Waals surface area contributed by atoms with E-state index in [1.165, 1.54) is 26.8 Å². The minimum atomic E-state index is -0.356. The zero-order valence-corrected chi connectivity index (χ0v) is 13.6. The molecule has 1 saturated heterocycles. The fraction of sp³-hybridized carbons (Fsp3) is 0.700. The van der Waals surface area contributed by atoms with E-state index in [1.807, 2.05) is 0 Å². The summed E-state index contributed by atoms with van der Waals surface area (Å²) >= 11 is 3.62. The van der Waals surface area contributed by atoms with Crippen LogP contribution in [0.15, 0.2) is 11.6 Å². The van der Waals surface area contributed by atoms with Crippen molar-refractivity contribution >= 4 is 19.8 Å². The van der Waals surface area contributed by atoms with Crippen molar-refractivity contribution in [2.45, 2.75) is 31.5 Å². The molecule has 0 N–H and O–H groups in total. The first kappa shape index (κ1) is 13.1. The van der Waals surface area contributed by atoms with Crippen molar-refractivity contribution < 1.29 is 24.3 Å². The molecule has 0 amide bonds. The average Bonchev–Trinajstić information content (AvgIpc) is 2.69. The normalized spacial score (nSPS) is 24.1. The molecular weight excluding hydrogens is 344 g/mol. The van der Waals surface area contributed by atoms with Crippen molar-refractivity contribution in [2.24, 2.45) is 0 Å². The molecule has 0 radical (unpaired) electrons. The number of ether oxygens (including phenoxy) is 2. The van der Waals surface area contributed by atoms with Crippen LogP contribution in [-0.2, 0) is 24.3 Å². The zero-order valence-electron chi connectivity index (χ0n) is 8.43. The van der Waals surface area contributed by atoms with E-state index >= 15 is 0 Å². The Morgan fingerprint density at radius 3 is 2.64 bits per heavy atom. The van der Waals surface area contributed by atoms with Gasteiger partial charge in [-0.25, -0.2) is 0 Å². The van der Waals surface area contributed by atoms with E-state index in [0.29, 0.717) is 0 Å². The van der Waals surface area contributed by atoms with Crippen LogP contribution in [-0.4, -0.2) is 19.0 Å². The van der Waals surface area contributed by atoms with Gasteiger partial charge in [0.1, 0.15) is 0 Å². The molecule has 4 heteroatoms.